The number of hydrogen-bond donors (Lipinski definition) is 0. The van der Waals surface area contributed by atoms with Gasteiger partial charge in [0, 0.05) is 0 Å². The molecule has 3 heteroatoms. The fourth-order valence-electron chi connectivity index (χ4n) is 1.47. The van der Waals surface area contributed by atoms with Crippen molar-refractivity contribution in [2.45, 2.75) is 26.1 Å². The largest absolute Gasteiger partial charge is 0.376 e. The molecular weight excluding hydrogens is 216 g/mol. The maximum atomic E-state index is 5.23. The van der Waals surface area contributed by atoms with Gasteiger partial charge in [0.2, 0.25) is 0 Å². The van der Waals surface area contributed by atoms with Crippen LogP contribution in [0, 0.1) is 13.8 Å². The topological polar surface area (TPSA) is 34.3 Å². The minimum absolute atomic E-state index is 0.392. The highest BCUT2D eigenvalue weighted by Gasteiger charge is 2.26. The Bertz CT molecular complexity index is 314. The quantitative estimate of drug-likeness (QED) is 0.751. The molecule has 0 aromatic heterocycles. The Kier molecular flexibility index (Phi) is 4.54. The van der Waals surface area contributed by atoms with E-state index in [4.69, 9.17) is 14.2 Å². The van der Waals surface area contributed by atoms with Crippen molar-refractivity contribution < 1.29 is 14.2 Å². The number of aryl methyl sites for hydroxylation is 2. The van der Waals surface area contributed by atoms with Crippen LogP contribution in [0.25, 0.3) is 0 Å². The van der Waals surface area contributed by atoms with Gasteiger partial charge < -0.3 is 14.2 Å². The zero-order chi connectivity index (χ0) is 12.1. The summed E-state index contributed by atoms with van der Waals surface area (Å²) in [5, 5.41) is 0. The van der Waals surface area contributed by atoms with E-state index in [0.29, 0.717) is 12.2 Å². The second-order valence-electron chi connectivity index (χ2n) is 4.61. The van der Waals surface area contributed by atoms with Gasteiger partial charge in [0.15, 0.2) is 0 Å². The lowest BCUT2D eigenvalue weighted by Crippen LogP contribution is -2.06. The number of hydrogen-bond acceptors (Lipinski definition) is 3. The van der Waals surface area contributed by atoms with Crippen LogP contribution < -0.4 is 0 Å². The summed E-state index contributed by atoms with van der Waals surface area (Å²) in [6.45, 7) is 7.47. The Morgan fingerprint density at radius 1 is 1.06 bits per heavy atom. The first-order valence-corrected chi connectivity index (χ1v) is 6.08. The fraction of sp³-hybridized carbons (Fsp3) is 0.571. The predicted molar refractivity (Wildman–Crippen MR) is 66.2 cm³/mol. The summed E-state index contributed by atoms with van der Waals surface area (Å²) in [7, 11) is 0. The molecule has 2 saturated heterocycles. The lowest BCUT2D eigenvalue weighted by Gasteiger charge is -1.95. The molecule has 94 valence electrons. The first kappa shape index (κ1) is 12.6. The summed E-state index contributed by atoms with van der Waals surface area (Å²) in [5.74, 6) is 0. The molecule has 2 atom stereocenters. The van der Waals surface area contributed by atoms with Crippen LogP contribution in [0.1, 0.15) is 11.1 Å². The molecule has 0 saturated carbocycles. The fourth-order valence-corrected chi connectivity index (χ4v) is 1.47. The number of rotatable bonds is 4. The molecule has 2 aliphatic rings. The Hall–Kier alpha value is -0.900. The van der Waals surface area contributed by atoms with Crippen LogP contribution in [0.5, 0.6) is 0 Å². The van der Waals surface area contributed by atoms with E-state index in [0.717, 1.165) is 26.4 Å². The lowest BCUT2D eigenvalue weighted by atomic mass is 10.2. The van der Waals surface area contributed by atoms with E-state index >= 15 is 0 Å². The first-order valence-electron chi connectivity index (χ1n) is 6.08. The first-order chi connectivity index (χ1) is 8.24. The summed E-state index contributed by atoms with van der Waals surface area (Å²) in [4.78, 5) is 0. The number of benzene rings is 1. The van der Waals surface area contributed by atoms with E-state index in [1.165, 1.54) is 11.1 Å². The Morgan fingerprint density at radius 2 is 1.53 bits per heavy atom. The summed E-state index contributed by atoms with van der Waals surface area (Å²) >= 11 is 0. The third-order valence-electron chi connectivity index (χ3n) is 2.59. The van der Waals surface area contributed by atoms with Crippen molar-refractivity contribution in [3.8, 4) is 0 Å². The summed E-state index contributed by atoms with van der Waals surface area (Å²) in [6, 6.07) is 8.45. The van der Waals surface area contributed by atoms with Gasteiger partial charge in [-0.05, 0) is 13.8 Å². The Labute approximate surface area is 103 Å². The lowest BCUT2D eigenvalue weighted by molar-refractivity contribution is 0.102. The zero-order valence-corrected chi connectivity index (χ0v) is 10.5. The molecule has 2 unspecified atom stereocenters. The third-order valence-corrected chi connectivity index (χ3v) is 2.59. The maximum Gasteiger partial charge on any atom is 0.104 e. The van der Waals surface area contributed by atoms with E-state index in [-0.39, 0.29) is 0 Å². The number of epoxide rings is 2. The minimum atomic E-state index is 0.392. The van der Waals surface area contributed by atoms with Crippen LogP contribution in [-0.4, -0.2) is 38.6 Å². The third kappa shape index (κ3) is 5.82. The molecular formula is C14H20O3. The summed E-state index contributed by atoms with van der Waals surface area (Å²) in [5.41, 5.74) is 2.68. The molecule has 0 bridgehead atoms. The van der Waals surface area contributed by atoms with Gasteiger partial charge in [0.05, 0.1) is 26.4 Å². The van der Waals surface area contributed by atoms with Crippen molar-refractivity contribution >= 4 is 0 Å². The molecule has 1 aromatic rings. The smallest absolute Gasteiger partial charge is 0.104 e. The molecule has 1 aromatic carbocycles. The van der Waals surface area contributed by atoms with Crippen molar-refractivity contribution in [1.29, 1.82) is 0 Å². The molecule has 0 radical (unpaired) electrons. The standard InChI is InChI=1S/C8H10.C6H10O3/c1-7-4-3-5-8(2)6-7;1(5-3-8-5)7-2-6-4-9-6/h3-6H,1-2H3;5-6H,1-4H2. The molecule has 2 heterocycles. The van der Waals surface area contributed by atoms with E-state index < -0.39 is 0 Å². The molecule has 0 spiro atoms. The van der Waals surface area contributed by atoms with Crippen LogP contribution in [0.15, 0.2) is 24.3 Å². The van der Waals surface area contributed by atoms with E-state index in [1.807, 2.05) is 0 Å². The van der Waals surface area contributed by atoms with Crippen LogP contribution >= 0.6 is 0 Å². The van der Waals surface area contributed by atoms with E-state index in [9.17, 15) is 0 Å². The van der Waals surface area contributed by atoms with Crippen LogP contribution in [-0.2, 0) is 14.2 Å². The maximum absolute atomic E-state index is 5.23. The van der Waals surface area contributed by atoms with E-state index in [2.05, 4.69) is 38.1 Å². The Balaban J connectivity index is 0.000000128. The molecule has 3 nitrogen and oxygen atoms in total. The van der Waals surface area contributed by atoms with E-state index in [1.54, 1.807) is 0 Å². The van der Waals surface area contributed by atoms with Crippen molar-refractivity contribution in [2.75, 3.05) is 26.4 Å². The highest BCUT2D eigenvalue weighted by atomic mass is 16.6. The van der Waals surface area contributed by atoms with Crippen molar-refractivity contribution in [3.05, 3.63) is 35.4 Å². The van der Waals surface area contributed by atoms with Crippen LogP contribution in [0.4, 0.5) is 0 Å². The second kappa shape index (κ2) is 6.15. The molecule has 2 fully saturated rings. The Morgan fingerprint density at radius 3 is 1.82 bits per heavy atom. The molecule has 0 amide bonds. The van der Waals surface area contributed by atoms with Gasteiger partial charge in [-0.2, -0.15) is 0 Å². The van der Waals surface area contributed by atoms with Gasteiger partial charge >= 0.3 is 0 Å². The minimum Gasteiger partial charge on any atom is -0.376 e. The normalized spacial score (nSPS) is 24.8. The van der Waals surface area contributed by atoms with Crippen molar-refractivity contribution in [1.82, 2.24) is 0 Å². The molecule has 3 rings (SSSR count). The van der Waals surface area contributed by atoms with Crippen LogP contribution in [0.3, 0.4) is 0 Å². The van der Waals surface area contributed by atoms with Gasteiger partial charge in [-0.15, -0.1) is 0 Å². The summed E-state index contributed by atoms with van der Waals surface area (Å²) < 4.78 is 15.1. The number of ether oxygens (including phenoxy) is 3. The SMILES string of the molecule is C(OCC1CO1)C1CO1.Cc1cccc(C)c1. The zero-order valence-electron chi connectivity index (χ0n) is 10.5. The second-order valence-corrected chi connectivity index (χ2v) is 4.61. The highest BCUT2D eigenvalue weighted by Crippen LogP contribution is 2.12. The highest BCUT2D eigenvalue weighted by molar-refractivity contribution is 5.20. The van der Waals surface area contributed by atoms with Crippen LogP contribution in [0.2, 0.25) is 0 Å². The van der Waals surface area contributed by atoms with Crippen molar-refractivity contribution in [2.24, 2.45) is 0 Å². The van der Waals surface area contributed by atoms with Gasteiger partial charge in [-0.25, -0.2) is 0 Å². The summed E-state index contributed by atoms with van der Waals surface area (Å²) in [6.07, 6.45) is 0.785. The molecule has 0 N–H and O–H groups in total. The monoisotopic (exact) mass is 236 g/mol. The molecule has 17 heavy (non-hydrogen) atoms. The van der Waals surface area contributed by atoms with Crippen molar-refractivity contribution in [3.63, 3.8) is 0 Å². The molecule has 2 aliphatic heterocycles. The average molecular weight is 236 g/mol. The predicted octanol–water partition coefficient (Wildman–Crippen LogP) is 2.10. The van der Waals surface area contributed by atoms with Gasteiger partial charge in [0.1, 0.15) is 12.2 Å². The average Bonchev–Trinajstić information content (AvgIpc) is 3.13. The molecule has 0 aliphatic carbocycles. The van der Waals surface area contributed by atoms with Gasteiger partial charge in [-0.3, -0.25) is 0 Å². The van der Waals surface area contributed by atoms with Gasteiger partial charge in [-0.1, -0.05) is 35.4 Å². The van der Waals surface area contributed by atoms with Gasteiger partial charge in [0.25, 0.3) is 0 Å².